The molecule has 0 aliphatic carbocycles. The maximum atomic E-state index is 11.9. The first-order valence-corrected chi connectivity index (χ1v) is 5.87. The summed E-state index contributed by atoms with van der Waals surface area (Å²) < 4.78 is 0. The molecule has 5 nitrogen and oxygen atoms in total. The number of nitrogens with zero attached hydrogens (tertiary/aromatic N) is 1. The minimum atomic E-state index is -0.950. The van der Waals surface area contributed by atoms with E-state index in [1.54, 1.807) is 7.05 Å². The number of amides is 1. The van der Waals surface area contributed by atoms with Crippen molar-refractivity contribution in [3.63, 3.8) is 0 Å². The molecule has 1 aromatic rings. The Labute approximate surface area is 105 Å². The van der Waals surface area contributed by atoms with Crippen LogP contribution in [-0.4, -0.2) is 41.5 Å². The highest BCUT2D eigenvalue weighted by Gasteiger charge is 2.33. The molecule has 0 radical (unpaired) electrons. The van der Waals surface area contributed by atoms with E-state index in [1.165, 1.54) is 4.90 Å². The lowest BCUT2D eigenvalue weighted by Crippen LogP contribution is -2.50. The predicted molar refractivity (Wildman–Crippen MR) is 66.0 cm³/mol. The maximum Gasteiger partial charge on any atom is 0.326 e. The Balaban J connectivity index is 2.28. The van der Waals surface area contributed by atoms with E-state index in [0.29, 0.717) is 13.0 Å². The van der Waals surface area contributed by atoms with Crippen molar-refractivity contribution in [2.45, 2.75) is 19.0 Å². The minimum absolute atomic E-state index is 0.159. The van der Waals surface area contributed by atoms with Gasteiger partial charge in [-0.3, -0.25) is 4.79 Å². The van der Waals surface area contributed by atoms with Gasteiger partial charge in [0.05, 0.1) is 6.54 Å². The average Bonchev–Trinajstić information content (AvgIpc) is 2.37. The van der Waals surface area contributed by atoms with Gasteiger partial charge in [-0.2, -0.15) is 0 Å². The van der Waals surface area contributed by atoms with Crippen LogP contribution in [0.25, 0.3) is 0 Å². The van der Waals surface area contributed by atoms with Gasteiger partial charge in [-0.15, -0.1) is 0 Å². The van der Waals surface area contributed by atoms with Crippen molar-refractivity contribution >= 4 is 11.9 Å². The number of likely N-dealkylation sites (N-methyl/N-ethyl adjacent to an activating group) is 1. The number of fused-ring (bicyclic) bond motifs is 1. The number of nitrogens with one attached hydrogen (secondary N) is 1. The zero-order chi connectivity index (χ0) is 13.1. The fourth-order valence-electron chi connectivity index (χ4n) is 2.26. The predicted octanol–water partition coefficient (Wildman–Crippen LogP) is 0.244. The van der Waals surface area contributed by atoms with E-state index in [9.17, 15) is 14.7 Å². The first-order chi connectivity index (χ1) is 8.63. The monoisotopic (exact) mass is 248 g/mol. The summed E-state index contributed by atoms with van der Waals surface area (Å²) in [6.45, 7) is 0.527. The van der Waals surface area contributed by atoms with Crippen LogP contribution >= 0.6 is 0 Å². The molecule has 0 unspecified atom stereocenters. The second-order valence-corrected chi connectivity index (χ2v) is 4.38. The SMILES string of the molecule is CNCC(=O)N1Cc2ccccc2C[C@@H]1C(=O)O. The van der Waals surface area contributed by atoms with Gasteiger partial charge >= 0.3 is 5.97 Å². The molecule has 0 aromatic heterocycles. The number of hydrogen-bond acceptors (Lipinski definition) is 3. The van der Waals surface area contributed by atoms with Gasteiger partial charge in [-0.05, 0) is 18.2 Å². The van der Waals surface area contributed by atoms with Crippen molar-refractivity contribution < 1.29 is 14.7 Å². The van der Waals surface area contributed by atoms with Gasteiger partial charge in [0.1, 0.15) is 6.04 Å². The minimum Gasteiger partial charge on any atom is -0.480 e. The van der Waals surface area contributed by atoms with Crippen molar-refractivity contribution in [2.75, 3.05) is 13.6 Å². The Bertz CT molecular complexity index is 473. The lowest BCUT2D eigenvalue weighted by molar-refractivity contribution is -0.151. The van der Waals surface area contributed by atoms with E-state index in [0.717, 1.165) is 11.1 Å². The molecule has 2 rings (SSSR count). The Morgan fingerprint density at radius 3 is 2.67 bits per heavy atom. The summed E-state index contributed by atoms with van der Waals surface area (Å²) in [7, 11) is 1.67. The van der Waals surface area contributed by atoms with E-state index in [4.69, 9.17) is 0 Å². The van der Waals surface area contributed by atoms with Gasteiger partial charge in [0.15, 0.2) is 0 Å². The standard InChI is InChI=1S/C13H16N2O3/c1-14-7-12(16)15-8-10-5-3-2-4-9(10)6-11(15)13(17)18/h2-5,11,14H,6-8H2,1H3,(H,17,18)/t11-/m1/s1. The summed E-state index contributed by atoms with van der Waals surface area (Å²) in [4.78, 5) is 24.6. The van der Waals surface area contributed by atoms with Gasteiger partial charge in [0, 0.05) is 13.0 Å². The zero-order valence-corrected chi connectivity index (χ0v) is 10.2. The van der Waals surface area contributed by atoms with E-state index in [-0.39, 0.29) is 12.5 Å². The Kier molecular flexibility index (Phi) is 3.62. The lowest BCUT2D eigenvalue weighted by Gasteiger charge is -2.34. The van der Waals surface area contributed by atoms with Crippen LogP contribution in [0.5, 0.6) is 0 Å². The van der Waals surface area contributed by atoms with Crippen molar-refractivity contribution in [1.82, 2.24) is 10.2 Å². The normalized spacial score (nSPS) is 18.3. The zero-order valence-electron chi connectivity index (χ0n) is 10.2. The molecule has 2 N–H and O–H groups in total. The third-order valence-electron chi connectivity index (χ3n) is 3.18. The van der Waals surface area contributed by atoms with Crippen LogP contribution in [0, 0.1) is 0 Å². The van der Waals surface area contributed by atoms with Crippen LogP contribution in [-0.2, 0) is 22.6 Å². The molecule has 0 saturated heterocycles. The summed E-state index contributed by atoms with van der Waals surface area (Å²) in [5, 5.41) is 12.0. The summed E-state index contributed by atoms with van der Waals surface area (Å²) in [6.07, 6.45) is 0.376. The third-order valence-corrected chi connectivity index (χ3v) is 3.18. The molecule has 1 atom stereocenters. The van der Waals surface area contributed by atoms with Crippen molar-refractivity contribution in [3.8, 4) is 0 Å². The van der Waals surface area contributed by atoms with Crippen LogP contribution in [0.1, 0.15) is 11.1 Å². The topological polar surface area (TPSA) is 69.6 Å². The highest BCUT2D eigenvalue weighted by atomic mass is 16.4. The van der Waals surface area contributed by atoms with Gasteiger partial charge in [-0.1, -0.05) is 24.3 Å². The molecule has 18 heavy (non-hydrogen) atoms. The highest BCUT2D eigenvalue weighted by Crippen LogP contribution is 2.23. The summed E-state index contributed by atoms with van der Waals surface area (Å²) in [6, 6.07) is 6.89. The van der Waals surface area contributed by atoms with Crippen LogP contribution < -0.4 is 5.32 Å². The molecule has 1 heterocycles. The van der Waals surface area contributed by atoms with Crippen LogP contribution in [0.3, 0.4) is 0 Å². The lowest BCUT2D eigenvalue weighted by atomic mass is 9.94. The number of carbonyl (C=O) groups is 2. The third kappa shape index (κ3) is 2.36. The summed E-state index contributed by atoms with van der Waals surface area (Å²) >= 11 is 0. The first-order valence-electron chi connectivity index (χ1n) is 5.87. The molecule has 5 heteroatoms. The van der Waals surface area contributed by atoms with Crippen LogP contribution in [0.4, 0.5) is 0 Å². The Morgan fingerprint density at radius 1 is 1.39 bits per heavy atom. The maximum absolute atomic E-state index is 11.9. The second-order valence-electron chi connectivity index (χ2n) is 4.38. The molecule has 1 amide bonds. The van der Waals surface area contributed by atoms with Gasteiger partial charge in [0.25, 0.3) is 0 Å². The highest BCUT2D eigenvalue weighted by molar-refractivity contribution is 5.85. The smallest absolute Gasteiger partial charge is 0.326 e. The molecular formula is C13H16N2O3. The van der Waals surface area contributed by atoms with Crippen molar-refractivity contribution in [3.05, 3.63) is 35.4 Å². The molecule has 1 aromatic carbocycles. The molecule has 0 bridgehead atoms. The fourth-order valence-corrected chi connectivity index (χ4v) is 2.26. The largest absolute Gasteiger partial charge is 0.480 e. The number of carboxylic acid groups (broad SMARTS) is 1. The number of carbonyl (C=O) groups excluding carboxylic acids is 1. The molecule has 96 valence electrons. The first kappa shape index (κ1) is 12.6. The van der Waals surface area contributed by atoms with Gasteiger partial charge in [0.2, 0.25) is 5.91 Å². The van der Waals surface area contributed by atoms with Gasteiger partial charge in [-0.25, -0.2) is 4.79 Å². The molecule has 0 fully saturated rings. The van der Waals surface area contributed by atoms with Gasteiger partial charge < -0.3 is 15.3 Å². The fraction of sp³-hybridized carbons (Fsp3) is 0.385. The number of rotatable bonds is 3. The molecule has 0 saturated carbocycles. The average molecular weight is 248 g/mol. The van der Waals surface area contributed by atoms with E-state index < -0.39 is 12.0 Å². The van der Waals surface area contributed by atoms with E-state index in [2.05, 4.69) is 5.32 Å². The molecule has 0 spiro atoms. The molecular weight excluding hydrogens is 232 g/mol. The van der Waals surface area contributed by atoms with E-state index in [1.807, 2.05) is 24.3 Å². The quantitative estimate of drug-likeness (QED) is 0.804. The summed E-state index contributed by atoms with van der Waals surface area (Å²) in [5.41, 5.74) is 2.04. The number of carboxylic acids is 1. The van der Waals surface area contributed by atoms with Crippen LogP contribution in [0.15, 0.2) is 24.3 Å². The van der Waals surface area contributed by atoms with Crippen molar-refractivity contribution in [1.29, 1.82) is 0 Å². The Morgan fingerprint density at radius 2 is 2.06 bits per heavy atom. The van der Waals surface area contributed by atoms with E-state index >= 15 is 0 Å². The number of hydrogen-bond donors (Lipinski definition) is 2. The number of benzene rings is 1. The molecule has 1 aliphatic rings. The summed E-state index contributed by atoms with van der Waals surface area (Å²) in [5.74, 6) is -1.13. The van der Waals surface area contributed by atoms with Crippen LogP contribution in [0.2, 0.25) is 0 Å². The van der Waals surface area contributed by atoms with Crippen molar-refractivity contribution in [2.24, 2.45) is 0 Å². The second kappa shape index (κ2) is 5.18. The number of aliphatic carboxylic acids is 1. The molecule has 1 aliphatic heterocycles. The Hall–Kier alpha value is -1.88.